The molecule has 0 aliphatic rings. The zero-order chi connectivity index (χ0) is 76.2. The van der Waals surface area contributed by atoms with Crippen molar-refractivity contribution in [3.8, 4) is 84.3 Å². The summed E-state index contributed by atoms with van der Waals surface area (Å²) < 4.78 is 201. The normalized spacial score (nSPS) is 15.7. The second-order valence-corrected chi connectivity index (χ2v) is 23.7. The molecule has 10 aromatic carbocycles. The molecule has 0 radical (unpaired) electrons. The van der Waals surface area contributed by atoms with Gasteiger partial charge in [-0.3, -0.25) is 4.57 Å². The van der Waals surface area contributed by atoms with Crippen molar-refractivity contribution >= 4 is 32.8 Å². The maximum absolute atomic E-state index is 10.4. The van der Waals surface area contributed by atoms with Crippen LogP contribution in [-0.4, -0.2) is 14.1 Å². The molecule has 0 amide bonds. The first-order chi connectivity index (χ1) is 49.1. The van der Waals surface area contributed by atoms with Gasteiger partial charge < -0.3 is 13.9 Å². The molecular formula is C79H68N4OPt-2. The van der Waals surface area contributed by atoms with Crippen LogP contribution in [0.15, 0.2) is 230 Å². The van der Waals surface area contributed by atoms with Crippen LogP contribution >= 0.6 is 0 Å². The van der Waals surface area contributed by atoms with Crippen molar-refractivity contribution in [2.24, 2.45) is 0 Å². The Labute approximate surface area is 544 Å². The van der Waals surface area contributed by atoms with Gasteiger partial charge in [-0.2, -0.15) is 18.2 Å². The first kappa shape index (κ1) is 36.7. The zero-order valence-corrected chi connectivity index (χ0v) is 50.3. The van der Waals surface area contributed by atoms with Gasteiger partial charge in [0.15, 0.2) is 0 Å². The molecule has 0 atom stereocenters. The molecule has 422 valence electrons. The van der Waals surface area contributed by atoms with Crippen LogP contribution in [0, 0.1) is 25.3 Å². The predicted octanol–water partition coefficient (Wildman–Crippen LogP) is 20.1. The van der Waals surface area contributed by atoms with Crippen LogP contribution in [0.1, 0.15) is 113 Å². The van der Waals surface area contributed by atoms with Gasteiger partial charge in [-0.1, -0.05) is 225 Å². The largest absolute Gasteiger partial charge is 0.510 e. The van der Waals surface area contributed by atoms with E-state index in [1.54, 1.807) is 44.0 Å². The van der Waals surface area contributed by atoms with E-state index >= 15 is 0 Å². The van der Waals surface area contributed by atoms with E-state index < -0.39 is 149 Å². The summed E-state index contributed by atoms with van der Waals surface area (Å²) in [6.45, 7) is 15.5. The van der Waals surface area contributed by atoms with Crippen molar-refractivity contribution in [3.63, 3.8) is 0 Å². The molecule has 0 saturated carbocycles. The second kappa shape index (κ2) is 22.3. The van der Waals surface area contributed by atoms with Crippen LogP contribution in [0.4, 0.5) is 0 Å². The molecule has 5 nitrogen and oxygen atoms in total. The molecule has 13 rings (SSSR count). The smallest absolute Gasteiger partial charge is 0.268 e. The average Bonchev–Trinajstić information content (AvgIpc) is 0.786. The van der Waals surface area contributed by atoms with Crippen LogP contribution in [0.2, 0.25) is 0 Å². The van der Waals surface area contributed by atoms with E-state index in [1.165, 1.54) is 12.3 Å². The molecule has 3 aromatic heterocycles. The van der Waals surface area contributed by atoms with Crippen molar-refractivity contribution < 1.29 is 59.2 Å². The molecule has 0 aliphatic heterocycles. The summed E-state index contributed by atoms with van der Waals surface area (Å²) in [6, 6.07) is 29.5. The quantitative estimate of drug-likeness (QED) is 0.101. The van der Waals surface area contributed by atoms with Gasteiger partial charge in [-0.05, 0) is 143 Å². The second-order valence-electron chi connectivity index (χ2n) is 23.7. The van der Waals surface area contributed by atoms with Gasteiger partial charge >= 0.3 is 0 Å². The van der Waals surface area contributed by atoms with Gasteiger partial charge in [0.25, 0.3) is 6.33 Å². The first-order valence-electron chi connectivity index (χ1n) is 38.0. The Kier molecular flexibility index (Phi) is 9.62. The minimum atomic E-state index is -2.86. The van der Waals surface area contributed by atoms with E-state index in [0.717, 1.165) is 22.1 Å². The third-order valence-electron chi connectivity index (χ3n) is 14.9. The van der Waals surface area contributed by atoms with Gasteiger partial charge in [0, 0.05) is 54.0 Å². The van der Waals surface area contributed by atoms with Crippen LogP contribution in [-0.2, 0) is 37.3 Å². The molecule has 85 heavy (non-hydrogen) atoms. The van der Waals surface area contributed by atoms with E-state index in [1.807, 2.05) is 108 Å². The van der Waals surface area contributed by atoms with Crippen LogP contribution in [0.3, 0.4) is 0 Å². The number of ether oxygens (including phenoxy) is 1. The topological polar surface area (TPSA) is 35.9 Å². The fourth-order valence-corrected chi connectivity index (χ4v) is 10.5. The number of imidazole rings is 1. The van der Waals surface area contributed by atoms with Gasteiger partial charge in [0.2, 0.25) is 0 Å². The average molecular weight is 1310 g/mol. The molecular weight excluding hydrogens is 1220 g/mol. The third-order valence-corrected chi connectivity index (χ3v) is 14.9. The summed E-state index contributed by atoms with van der Waals surface area (Å²) in [5.41, 5.74) is 2.25. The first-order valence-corrected chi connectivity index (χ1v) is 27.5. The van der Waals surface area contributed by atoms with Gasteiger partial charge in [-0.25, -0.2) is 4.98 Å². The molecule has 6 heteroatoms. The number of rotatable bonds is 10. The van der Waals surface area contributed by atoms with Crippen LogP contribution < -0.4 is 9.30 Å². The summed E-state index contributed by atoms with van der Waals surface area (Å²) in [7, 11) is 0. The molecule has 0 spiro atoms. The minimum absolute atomic E-state index is 0. The summed E-state index contributed by atoms with van der Waals surface area (Å²) in [6.07, 6.45) is 4.86. The van der Waals surface area contributed by atoms with Gasteiger partial charge in [0.05, 0.1) is 41.4 Å². The van der Waals surface area contributed by atoms with Crippen molar-refractivity contribution in [3.05, 3.63) is 271 Å². The Morgan fingerprint density at radius 1 is 0.506 bits per heavy atom. The van der Waals surface area contributed by atoms with E-state index in [2.05, 4.69) is 51.4 Å². The van der Waals surface area contributed by atoms with Crippen LogP contribution in [0.25, 0.3) is 106 Å². The van der Waals surface area contributed by atoms with E-state index in [-0.39, 0.29) is 71.6 Å². The maximum atomic E-state index is 10.4. The van der Waals surface area contributed by atoms with Crippen molar-refractivity contribution in [2.75, 3.05) is 0 Å². The molecule has 0 saturated heterocycles. The van der Waals surface area contributed by atoms with E-state index in [0.29, 0.717) is 50.0 Å². The Balaban J connectivity index is 0.0000105. The summed E-state index contributed by atoms with van der Waals surface area (Å²) in [5, 5.41) is 1.44. The molecule has 0 bridgehead atoms. The van der Waals surface area contributed by atoms with Crippen molar-refractivity contribution in [2.45, 2.75) is 85.4 Å². The zero-order valence-electron chi connectivity index (χ0n) is 69.1. The Bertz CT molecular complexity index is 5680. The fraction of sp³-hybridized carbons (Fsp3) is 0.165. The minimum Gasteiger partial charge on any atom is -0.510 e. The Morgan fingerprint density at radius 3 is 1.78 bits per heavy atom. The monoisotopic (exact) mass is 1300 g/mol. The number of aromatic nitrogens is 4. The number of aryl methyl sites for hydroxylation is 1. The number of nitrogens with zero attached hydrogens (tertiary/aromatic N) is 4. The van der Waals surface area contributed by atoms with Gasteiger partial charge in [0.1, 0.15) is 5.82 Å². The number of hydrogen-bond acceptors (Lipinski definition) is 2. The number of para-hydroxylation sites is 1. The third kappa shape index (κ3) is 11.0. The fourth-order valence-electron chi connectivity index (χ4n) is 10.5. The van der Waals surface area contributed by atoms with E-state index in [4.69, 9.17) is 28.9 Å². The van der Waals surface area contributed by atoms with Crippen molar-refractivity contribution in [1.29, 1.82) is 0 Å². The Morgan fingerprint density at radius 2 is 1.13 bits per heavy atom. The SMILES string of the molecule is [2H]c1c([2H])c([2H])c(-c2cnc(-n3c4[c-]c(Oc5[c-]c(-n6[c-][n+](-c7c(-c8c([2H])c(-c9c([2H])c([2H])c([2H])c([2H])c9[2H])c([2H])c(-c9c([2H])c([2H])c([2H])c([2H])c9[2H])c8[2H])cc(C(C)(C)C)cc7C(C)(C)C)c7ccc(-c8ccc(C(C)(C)C)cc8)cc76)ccc5)ccc4c4ccccc43)cc2C([2H])([2H])[2H])c([2H])c1[2H].[Pt]. The summed E-state index contributed by atoms with van der Waals surface area (Å²) >= 11 is 0. The standard InChI is InChI=1S/C79H68N4O.Pt/c1-52-41-75(80-50-69(52)56-27-18-13-19-28-56)83-71-32-21-20-31-66(71)67-39-38-65(49-73(67)83)84-64-30-22-29-63(48-64)81-51-82(72-40-35-57(45-74(72)81)55-33-36-61(37-34-55)77(2,3)4)76-68(46-62(78(5,6)7)47-70(76)79(8,9)10)60-43-58(53-23-14-11-15-24-53)42-59(44-60)54-25-16-12-17-26-54;/h11-47,50H,1-10H3;/q-2;/i1D3,11D,12D,13D,14D,15D,16D,17D,18D,19D,23D,24D,25D,26D,27D,28D,42D,43D,44D;. The molecule has 0 aliphatic carbocycles. The maximum Gasteiger partial charge on any atom is 0.268 e. The predicted molar refractivity (Wildman–Crippen MR) is 348 cm³/mol. The molecule has 0 fully saturated rings. The number of hydrogen-bond donors (Lipinski definition) is 0. The number of benzene rings is 10. The molecule has 3 heterocycles. The number of fused-ring (bicyclic) bond motifs is 4. The molecule has 0 unspecified atom stereocenters. The Hall–Kier alpha value is -8.89. The molecule has 13 aromatic rings. The summed E-state index contributed by atoms with van der Waals surface area (Å²) in [4.78, 5) is 4.72. The van der Waals surface area contributed by atoms with E-state index in [9.17, 15) is 9.60 Å². The molecule has 0 N–H and O–H groups in total. The number of pyridine rings is 1. The summed E-state index contributed by atoms with van der Waals surface area (Å²) in [5.74, 6) is 0.523. The van der Waals surface area contributed by atoms with Gasteiger partial charge in [-0.15, -0.1) is 29.7 Å². The van der Waals surface area contributed by atoms with Crippen LogP contribution in [0.5, 0.6) is 11.5 Å². The van der Waals surface area contributed by atoms with Crippen molar-refractivity contribution in [1.82, 2.24) is 14.1 Å².